The molecule has 4 rings (SSSR count). The Morgan fingerprint density at radius 1 is 1.25 bits per heavy atom. The number of carbonyl (C=O) groups is 1. The van der Waals surface area contributed by atoms with Gasteiger partial charge < -0.3 is 24.6 Å². The van der Waals surface area contributed by atoms with E-state index in [0.717, 1.165) is 50.5 Å². The van der Waals surface area contributed by atoms with Crippen LogP contribution in [0.1, 0.15) is 30.9 Å². The molecular weight excluding hydrogens is 437 g/mol. The number of benzene rings is 1. The zero-order valence-corrected chi connectivity index (χ0v) is 18.8. The van der Waals surface area contributed by atoms with Crippen LogP contribution in [0.2, 0.25) is 0 Å². The Kier molecular flexibility index (Phi) is 8.41. The van der Waals surface area contributed by atoms with Crippen molar-refractivity contribution in [2.45, 2.75) is 37.1 Å². The van der Waals surface area contributed by atoms with Gasteiger partial charge in [-0.2, -0.15) is 4.98 Å². The highest BCUT2D eigenvalue weighted by Crippen LogP contribution is 2.43. The maximum absolute atomic E-state index is 13.3. The van der Waals surface area contributed by atoms with Gasteiger partial charge in [0, 0.05) is 36.7 Å². The summed E-state index contributed by atoms with van der Waals surface area (Å²) in [4.78, 5) is 19.3. The molecule has 10 heteroatoms. The molecule has 0 saturated carbocycles. The standard InChI is InChI=1S/C20H24FN3O3S.C2H4O2/c21-17-3-1-15(2-4-17)20(26-11-12-27-20)16-6-9-24(10-7-16)8-5-14-13-22-19(28)23-18(14)25;1-2(3)4/h1-4,13,16H,5-12H2,(H2,22,23,25,28);1H3,(H,3,4). The van der Waals surface area contributed by atoms with Gasteiger partial charge in [-0.15, -0.1) is 12.6 Å². The predicted octanol–water partition coefficient (Wildman–Crippen LogP) is 2.86. The highest BCUT2D eigenvalue weighted by molar-refractivity contribution is 7.80. The third-order valence-corrected chi connectivity index (χ3v) is 5.83. The summed E-state index contributed by atoms with van der Waals surface area (Å²) in [6.45, 7) is 4.83. The van der Waals surface area contributed by atoms with E-state index in [1.165, 1.54) is 12.1 Å². The number of nitrogens with zero attached hydrogens (tertiary/aromatic N) is 3. The molecule has 0 bridgehead atoms. The van der Waals surface area contributed by atoms with Crippen molar-refractivity contribution < 1.29 is 28.9 Å². The highest BCUT2D eigenvalue weighted by atomic mass is 32.1. The number of hydrogen-bond donors (Lipinski definition) is 3. The van der Waals surface area contributed by atoms with Crippen LogP contribution in [-0.2, 0) is 26.5 Å². The molecule has 0 radical (unpaired) electrons. The van der Waals surface area contributed by atoms with Crippen molar-refractivity contribution in [2.24, 2.45) is 5.92 Å². The third-order valence-electron chi connectivity index (χ3n) is 5.61. The molecule has 1 aromatic heterocycles. The van der Waals surface area contributed by atoms with Crippen molar-refractivity contribution in [1.29, 1.82) is 0 Å². The van der Waals surface area contributed by atoms with Crippen LogP contribution < -0.4 is 0 Å². The molecular formula is C22H28FN3O5S. The zero-order valence-electron chi connectivity index (χ0n) is 17.9. The van der Waals surface area contributed by atoms with E-state index in [9.17, 15) is 9.50 Å². The fourth-order valence-corrected chi connectivity index (χ4v) is 4.28. The molecule has 0 atom stereocenters. The van der Waals surface area contributed by atoms with E-state index in [1.54, 1.807) is 18.3 Å². The Balaban J connectivity index is 0.000000668. The van der Waals surface area contributed by atoms with Crippen LogP contribution >= 0.6 is 12.6 Å². The molecule has 0 aliphatic carbocycles. The maximum atomic E-state index is 13.3. The van der Waals surface area contributed by atoms with E-state index in [0.29, 0.717) is 19.6 Å². The molecule has 32 heavy (non-hydrogen) atoms. The van der Waals surface area contributed by atoms with Gasteiger partial charge in [-0.05, 0) is 44.5 Å². The lowest BCUT2D eigenvalue weighted by Gasteiger charge is -2.41. The molecule has 0 unspecified atom stereocenters. The molecule has 2 aliphatic rings. The van der Waals surface area contributed by atoms with Gasteiger partial charge in [-0.1, -0.05) is 12.1 Å². The Hall–Kier alpha value is -2.27. The fourth-order valence-electron chi connectivity index (χ4n) is 4.13. The molecule has 2 fully saturated rings. The second kappa shape index (κ2) is 11.0. The van der Waals surface area contributed by atoms with Crippen LogP contribution in [0.3, 0.4) is 0 Å². The van der Waals surface area contributed by atoms with E-state index in [2.05, 4.69) is 27.5 Å². The van der Waals surface area contributed by atoms with Gasteiger partial charge in [-0.25, -0.2) is 9.37 Å². The van der Waals surface area contributed by atoms with Crippen LogP contribution in [0.15, 0.2) is 35.6 Å². The minimum Gasteiger partial charge on any atom is -0.493 e. The van der Waals surface area contributed by atoms with Crippen molar-refractivity contribution in [3.63, 3.8) is 0 Å². The highest BCUT2D eigenvalue weighted by Gasteiger charge is 2.46. The number of aromatic hydroxyl groups is 1. The average molecular weight is 466 g/mol. The molecule has 0 spiro atoms. The van der Waals surface area contributed by atoms with Crippen molar-refractivity contribution >= 4 is 18.6 Å². The Morgan fingerprint density at radius 2 is 1.84 bits per heavy atom. The van der Waals surface area contributed by atoms with Crippen molar-refractivity contribution in [3.05, 3.63) is 47.4 Å². The summed E-state index contributed by atoms with van der Waals surface area (Å²) in [5, 5.41) is 17.6. The van der Waals surface area contributed by atoms with Crippen LogP contribution in [0.5, 0.6) is 5.88 Å². The summed E-state index contributed by atoms with van der Waals surface area (Å²) in [7, 11) is 0. The number of carboxylic acids is 1. The number of carboxylic acid groups (broad SMARTS) is 1. The molecule has 3 heterocycles. The van der Waals surface area contributed by atoms with Gasteiger partial charge in [0.2, 0.25) is 5.88 Å². The zero-order chi connectivity index (χ0) is 23.1. The lowest BCUT2D eigenvalue weighted by atomic mass is 9.84. The number of aliphatic carboxylic acids is 1. The number of piperidine rings is 1. The number of thiol groups is 1. The number of halogens is 1. The Morgan fingerprint density at radius 3 is 2.41 bits per heavy atom. The average Bonchev–Trinajstić information content (AvgIpc) is 3.25. The molecule has 174 valence electrons. The monoisotopic (exact) mass is 465 g/mol. The van der Waals surface area contributed by atoms with Gasteiger partial charge in [0.15, 0.2) is 10.9 Å². The first-order valence-corrected chi connectivity index (χ1v) is 10.9. The van der Waals surface area contributed by atoms with Gasteiger partial charge >= 0.3 is 0 Å². The molecule has 8 nitrogen and oxygen atoms in total. The van der Waals surface area contributed by atoms with Crippen molar-refractivity contribution in [3.8, 4) is 5.88 Å². The quantitative estimate of drug-likeness (QED) is 0.457. The third kappa shape index (κ3) is 6.16. The minimum atomic E-state index is -0.833. The Labute approximate surface area is 191 Å². The van der Waals surface area contributed by atoms with Crippen LogP contribution in [0.25, 0.3) is 0 Å². The van der Waals surface area contributed by atoms with Crippen molar-refractivity contribution in [1.82, 2.24) is 14.9 Å². The Bertz CT molecular complexity index is 897. The number of rotatable bonds is 5. The number of likely N-dealkylation sites (tertiary alicyclic amines) is 1. The van der Waals surface area contributed by atoms with Gasteiger partial charge in [0.05, 0.1) is 13.2 Å². The summed E-state index contributed by atoms with van der Waals surface area (Å²) in [5.74, 6) is -1.64. The van der Waals surface area contributed by atoms with E-state index in [-0.39, 0.29) is 22.8 Å². The summed E-state index contributed by atoms with van der Waals surface area (Å²) < 4.78 is 25.5. The van der Waals surface area contributed by atoms with Crippen molar-refractivity contribution in [2.75, 3.05) is 32.8 Å². The second-order valence-electron chi connectivity index (χ2n) is 7.78. The summed E-state index contributed by atoms with van der Waals surface area (Å²) in [6.07, 6.45) is 4.16. The summed E-state index contributed by atoms with van der Waals surface area (Å²) in [5.41, 5.74) is 1.61. The first-order chi connectivity index (χ1) is 15.3. The van der Waals surface area contributed by atoms with E-state index in [1.807, 2.05) is 0 Å². The lowest BCUT2D eigenvalue weighted by molar-refractivity contribution is -0.214. The number of hydrogen-bond acceptors (Lipinski definition) is 8. The summed E-state index contributed by atoms with van der Waals surface area (Å²) in [6, 6.07) is 6.45. The lowest BCUT2D eigenvalue weighted by Crippen LogP contribution is -2.44. The molecule has 2 aliphatic heterocycles. The SMILES string of the molecule is CC(=O)O.Oc1nc(S)ncc1CCN1CCC(C2(c3ccc(F)cc3)OCCO2)CC1. The van der Waals surface area contributed by atoms with E-state index >= 15 is 0 Å². The van der Waals surface area contributed by atoms with E-state index < -0.39 is 11.8 Å². The fraction of sp³-hybridized carbons (Fsp3) is 0.500. The molecule has 0 amide bonds. The predicted molar refractivity (Wildman–Crippen MR) is 117 cm³/mol. The smallest absolute Gasteiger partial charge is 0.300 e. The first kappa shape index (κ1) is 24.4. The topological polar surface area (TPSA) is 105 Å². The van der Waals surface area contributed by atoms with Gasteiger partial charge in [0.25, 0.3) is 5.97 Å². The first-order valence-electron chi connectivity index (χ1n) is 10.5. The molecule has 2 aromatic rings. The minimum absolute atomic E-state index is 0.00194. The largest absolute Gasteiger partial charge is 0.493 e. The maximum Gasteiger partial charge on any atom is 0.300 e. The summed E-state index contributed by atoms with van der Waals surface area (Å²) >= 11 is 4.03. The normalized spacial score (nSPS) is 18.7. The van der Waals surface area contributed by atoms with Gasteiger partial charge in [0.1, 0.15) is 5.82 Å². The second-order valence-corrected chi connectivity index (χ2v) is 8.18. The van der Waals surface area contributed by atoms with Crippen LogP contribution in [0.4, 0.5) is 4.39 Å². The van der Waals surface area contributed by atoms with E-state index in [4.69, 9.17) is 19.4 Å². The molecule has 2 N–H and O–H groups in total. The number of aromatic nitrogens is 2. The van der Waals surface area contributed by atoms with Crippen LogP contribution in [-0.4, -0.2) is 63.9 Å². The van der Waals surface area contributed by atoms with Crippen LogP contribution in [0, 0.1) is 11.7 Å². The molecule has 2 saturated heterocycles. The van der Waals surface area contributed by atoms with Gasteiger partial charge in [-0.3, -0.25) is 4.79 Å². The molecule has 1 aromatic carbocycles. The number of ether oxygens (including phenoxy) is 2.